The zero-order valence-corrected chi connectivity index (χ0v) is 11.9. The Bertz CT molecular complexity index is 625. The molecule has 2 heterocycles. The molecule has 0 N–H and O–H groups in total. The first-order valence-corrected chi connectivity index (χ1v) is 7.95. The van der Waals surface area contributed by atoms with Gasteiger partial charge in [-0.2, -0.15) is 4.52 Å². The molecule has 0 saturated carbocycles. The molecule has 17 heavy (non-hydrogen) atoms. The van der Waals surface area contributed by atoms with Crippen LogP contribution in [0, 0.1) is 6.92 Å². The molecule has 0 aromatic carbocycles. The van der Waals surface area contributed by atoms with E-state index in [9.17, 15) is 4.79 Å². The first kappa shape index (κ1) is 12.6. The third-order valence-corrected chi connectivity index (χ3v) is 4.58. The fourth-order valence-corrected chi connectivity index (χ4v) is 3.18. The van der Waals surface area contributed by atoms with Crippen LogP contribution in [0.25, 0.3) is 4.96 Å². The van der Waals surface area contributed by atoms with Gasteiger partial charge in [-0.3, -0.25) is 4.79 Å². The van der Waals surface area contributed by atoms with Gasteiger partial charge in [0, 0.05) is 11.8 Å². The predicted molar refractivity (Wildman–Crippen MR) is 76.0 cm³/mol. The lowest BCUT2D eigenvalue weighted by Gasteiger charge is -1.93. The van der Waals surface area contributed by atoms with Crippen LogP contribution in [-0.2, 0) is 0 Å². The minimum Gasteiger partial charge on any atom is -0.267 e. The van der Waals surface area contributed by atoms with Crippen molar-refractivity contribution in [1.82, 2.24) is 14.6 Å². The maximum atomic E-state index is 11.6. The van der Waals surface area contributed by atoms with Crippen molar-refractivity contribution in [3.05, 3.63) is 22.1 Å². The molecule has 2 aromatic rings. The molecule has 0 radical (unpaired) electrons. The lowest BCUT2D eigenvalue weighted by Crippen LogP contribution is -2.13. The zero-order valence-electron chi connectivity index (χ0n) is 9.50. The van der Waals surface area contributed by atoms with Crippen molar-refractivity contribution in [3.63, 3.8) is 0 Å². The summed E-state index contributed by atoms with van der Waals surface area (Å²) in [7, 11) is 0. The van der Waals surface area contributed by atoms with Crippen molar-refractivity contribution in [1.29, 1.82) is 0 Å². The van der Waals surface area contributed by atoms with Gasteiger partial charge < -0.3 is 0 Å². The van der Waals surface area contributed by atoms with Crippen LogP contribution < -0.4 is 5.56 Å². The van der Waals surface area contributed by atoms with Gasteiger partial charge >= 0.3 is 0 Å². The molecule has 0 spiro atoms. The van der Waals surface area contributed by atoms with Crippen LogP contribution >= 0.6 is 34.9 Å². The largest absolute Gasteiger partial charge is 0.275 e. The molecule has 0 bridgehead atoms. The Morgan fingerprint density at radius 3 is 2.82 bits per heavy atom. The molecule has 0 fully saturated rings. The lowest BCUT2D eigenvalue weighted by molar-refractivity contribution is 0.890. The summed E-state index contributed by atoms with van der Waals surface area (Å²) in [6.45, 7) is 1.79. The number of aliphatic imine (C=N–C) groups is 1. The zero-order chi connectivity index (χ0) is 12.4. The van der Waals surface area contributed by atoms with E-state index in [-0.39, 0.29) is 5.56 Å². The standard InChI is InChI=1S/C9H10N4OS3/c1-5-4-6(14)13-8(10-5)17-7(12-13)11-9(15-2)16-3/h4H,1-3H3. The number of thioether (sulfide) groups is 2. The van der Waals surface area contributed by atoms with E-state index in [1.54, 1.807) is 30.4 Å². The second kappa shape index (κ2) is 5.19. The molecule has 0 aliphatic carbocycles. The second-order valence-corrected chi connectivity index (χ2v) is 5.88. The quantitative estimate of drug-likeness (QED) is 0.594. The summed E-state index contributed by atoms with van der Waals surface area (Å²) in [5.41, 5.74) is 0.532. The number of hydrogen-bond acceptors (Lipinski definition) is 7. The minimum absolute atomic E-state index is 0.167. The Morgan fingerprint density at radius 2 is 2.18 bits per heavy atom. The summed E-state index contributed by atoms with van der Waals surface area (Å²) in [5.74, 6) is 0. The predicted octanol–water partition coefficient (Wildman–Crippen LogP) is 2.17. The van der Waals surface area contributed by atoms with Gasteiger partial charge in [0.2, 0.25) is 10.1 Å². The van der Waals surface area contributed by atoms with Crippen molar-refractivity contribution in [3.8, 4) is 0 Å². The SMILES string of the molecule is CSC(=Nc1nn2c(=O)cc(C)nc2s1)SC. The average molecular weight is 286 g/mol. The highest BCUT2D eigenvalue weighted by atomic mass is 32.2. The molecule has 0 atom stereocenters. The van der Waals surface area contributed by atoms with Gasteiger partial charge in [0.1, 0.15) is 4.38 Å². The van der Waals surface area contributed by atoms with Crippen molar-refractivity contribution < 1.29 is 0 Å². The monoisotopic (exact) mass is 286 g/mol. The second-order valence-electron chi connectivity index (χ2n) is 3.10. The van der Waals surface area contributed by atoms with Gasteiger partial charge in [0.25, 0.3) is 5.56 Å². The summed E-state index contributed by atoms with van der Waals surface area (Å²) in [4.78, 5) is 20.8. The third-order valence-electron chi connectivity index (χ3n) is 1.90. The van der Waals surface area contributed by atoms with Crippen LogP contribution in [0.5, 0.6) is 0 Å². The topological polar surface area (TPSA) is 59.6 Å². The Labute approximate surface area is 110 Å². The Hall–Kier alpha value is -0.860. The Kier molecular flexibility index (Phi) is 3.85. The van der Waals surface area contributed by atoms with E-state index in [4.69, 9.17) is 0 Å². The molecule has 0 aliphatic rings. The van der Waals surface area contributed by atoms with Gasteiger partial charge in [0.15, 0.2) is 0 Å². The van der Waals surface area contributed by atoms with E-state index < -0.39 is 0 Å². The van der Waals surface area contributed by atoms with Gasteiger partial charge in [-0.1, -0.05) is 11.3 Å². The average Bonchev–Trinajstić information content (AvgIpc) is 2.68. The van der Waals surface area contributed by atoms with Crippen LogP contribution in [0.3, 0.4) is 0 Å². The highest BCUT2D eigenvalue weighted by Gasteiger charge is 2.07. The van der Waals surface area contributed by atoms with Crippen molar-refractivity contribution >= 4 is 49.3 Å². The molecule has 0 saturated heterocycles. The van der Waals surface area contributed by atoms with Crippen LogP contribution in [0.1, 0.15) is 5.69 Å². The van der Waals surface area contributed by atoms with E-state index in [1.165, 1.54) is 21.9 Å². The van der Waals surface area contributed by atoms with Crippen LogP contribution in [0.4, 0.5) is 5.13 Å². The number of rotatable bonds is 1. The summed E-state index contributed by atoms with van der Waals surface area (Å²) in [6, 6.07) is 1.46. The first-order valence-electron chi connectivity index (χ1n) is 4.68. The summed E-state index contributed by atoms with van der Waals surface area (Å²) in [6.07, 6.45) is 3.91. The maximum Gasteiger partial charge on any atom is 0.275 e. The lowest BCUT2D eigenvalue weighted by atomic mass is 10.5. The van der Waals surface area contributed by atoms with Gasteiger partial charge in [-0.05, 0) is 19.4 Å². The highest BCUT2D eigenvalue weighted by Crippen LogP contribution is 2.23. The van der Waals surface area contributed by atoms with Gasteiger partial charge in [0.05, 0.1) is 0 Å². The molecular formula is C9H10N4OS3. The van der Waals surface area contributed by atoms with Crippen molar-refractivity contribution in [2.45, 2.75) is 6.92 Å². The van der Waals surface area contributed by atoms with E-state index in [1.807, 2.05) is 12.5 Å². The number of aryl methyl sites for hydroxylation is 1. The molecular weight excluding hydrogens is 276 g/mol. The van der Waals surface area contributed by atoms with E-state index in [0.717, 1.165) is 4.38 Å². The molecule has 90 valence electrons. The van der Waals surface area contributed by atoms with Crippen molar-refractivity contribution in [2.24, 2.45) is 4.99 Å². The minimum atomic E-state index is -0.167. The molecule has 8 heteroatoms. The van der Waals surface area contributed by atoms with Crippen LogP contribution in [0.2, 0.25) is 0 Å². The smallest absolute Gasteiger partial charge is 0.267 e. The number of nitrogens with zero attached hydrogens (tertiary/aromatic N) is 4. The molecule has 2 rings (SSSR count). The molecule has 0 amide bonds. The summed E-state index contributed by atoms with van der Waals surface area (Å²) >= 11 is 4.42. The first-order chi connectivity index (χ1) is 8.13. The van der Waals surface area contributed by atoms with Crippen LogP contribution in [0.15, 0.2) is 15.9 Å². The van der Waals surface area contributed by atoms with E-state index in [0.29, 0.717) is 15.8 Å². The van der Waals surface area contributed by atoms with Crippen molar-refractivity contribution in [2.75, 3.05) is 12.5 Å². The van der Waals surface area contributed by atoms with E-state index in [2.05, 4.69) is 15.1 Å². The third kappa shape index (κ3) is 2.70. The Balaban J connectivity index is 2.55. The molecule has 5 nitrogen and oxygen atoms in total. The summed E-state index contributed by atoms with van der Waals surface area (Å²) in [5, 5.41) is 4.69. The summed E-state index contributed by atoms with van der Waals surface area (Å²) < 4.78 is 2.20. The van der Waals surface area contributed by atoms with E-state index >= 15 is 0 Å². The number of aromatic nitrogens is 3. The Morgan fingerprint density at radius 1 is 1.47 bits per heavy atom. The fraction of sp³-hybridized carbons (Fsp3) is 0.333. The van der Waals surface area contributed by atoms with Gasteiger partial charge in [-0.15, -0.1) is 28.6 Å². The molecule has 0 aliphatic heterocycles. The highest BCUT2D eigenvalue weighted by molar-refractivity contribution is 8.38. The maximum absolute atomic E-state index is 11.6. The van der Waals surface area contributed by atoms with Crippen LogP contribution in [-0.4, -0.2) is 31.5 Å². The fourth-order valence-electron chi connectivity index (χ4n) is 1.21. The van der Waals surface area contributed by atoms with Gasteiger partial charge in [-0.25, -0.2) is 9.98 Å². The number of fused-ring (bicyclic) bond motifs is 1. The normalized spacial score (nSPS) is 10.8. The number of hydrogen-bond donors (Lipinski definition) is 0. The molecule has 0 unspecified atom stereocenters. The molecule has 2 aromatic heterocycles.